The summed E-state index contributed by atoms with van der Waals surface area (Å²) in [7, 11) is -2.02. The van der Waals surface area contributed by atoms with Crippen LogP contribution in [0.3, 0.4) is 0 Å². The van der Waals surface area contributed by atoms with E-state index in [4.69, 9.17) is 0 Å². The van der Waals surface area contributed by atoms with Gasteiger partial charge >= 0.3 is 0 Å². The zero-order valence-corrected chi connectivity index (χ0v) is 17.3. The first kappa shape index (κ1) is 18.9. The van der Waals surface area contributed by atoms with Gasteiger partial charge < -0.3 is 5.32 Å². The van der Waals surface area contributed by atoms with E-state index < -0.39 is 10.0 Å². The lowest BCUT2D eigenvalue weighted by Gasteiger charge is -2.56. The number of hydrogen-bond acceptors (Lipinski definition) is 3. The van der Waals surface area contributed by atoms with Gasteiger partial charge in [-0.15, -0.1) is 0 Å². The third-order valence-electron chi connectivity index (χ3n) is 6.92. The third kappa shape index (κ3) is 3.42. The molecule has 4 aliphatic rings. The second kappa shape index (κ2) is 6.59. The standard InChI is InChI=1S/C21H30N2O3S/c1-14(2)23(3)27(25,26)19-6-4-5-18(10-19)20(24)22-21-11-15-7-16(12-21)9-17(8-15)13-21/h4-6,10,14-17H,7-9,11-13H2,1-3H3,(H,22,24). The van der Waals surface area contributed by atoms with E-state index in [2.05, 4.69) is 5.32 Å². The van der Waals surface area contributed by atoms with Crippen LogP contribution in [0.1, 0.15) is 62.7 Å². The van der Waals surface area contributed by atoms with Crippen molar-refractivity contribution < 1.29 is 13.2 Å². The Hall–Kier alpha value is -1.40. The van der Waals surface area contributed by atoms with Crippen LogP contribution in [0.4, 0.5) is 0 Å². The van der Waals surface area contributed by atoms with Gasteiger partial charge in [-0.1, -0.05) is 6.07 Å². The summed E-state index contributed by atoms with van der Waals surface area (Å²) in [5.74, 6) is 2.12. The monoisotopic (exact) mass is 390 g/mol. The molecule has 27 heavy (non-hydrogen) atoms. The van der Waals surface area contributed by atoms with Crippen LogP contribution < -0.4 is 5.32 Å². The fraction of sp³-hybridized carbons (Fsp3) is 0.667. The maximum atomic E-state index is 13.0. The van der Waals surface area contributed by atoms with Gasteiger partial charge in [0, 0.05) is 24.2 Å². The van der Waals surface area contributed by atoms with E-state index in [-0.39, 0.29) is 22.4 Å². The first-order chi connectivity index (χ1) is 12.7. The summed E-state index contributed by atoms with van der Waals surface area (Å²) in [6, 6.07) is 6.32. The highest BCUT2D eigenvalue weighted by Crippen LogP contribution is 2.55. The first-order valence-corrected chi connectivity index (χ1v) is 11.5. The Morgan fingerprint density at radius 3 is 2.19 bits per heavy atom. The van der Waals surface area contributed by atoms with Gasteiger partial charge in [0.05, 0.1) is 4.90 Å². The molecule has 1 aromatic carbocycles. The maximum Gasteiger partial charge on any atom is 0.251 e. The largest absolute Gasteiger partial charge is 0.347 e. The summed E-state index contributed by atoms with van der Waals surface area (Å²) >= 11 is 0. The third-order valence-corrected chi connectivity index (χ3v) is 8.95. The summed E-state index contributed by atoms with van der Waals surface area (Å²) in [6.07, 6.45) is 7.22. The lowest BCUT2D eigenvalue weighted by molar-refractivity contribution is -0.0167. The van der Waals surface area contributed by atoms with Crippen LogP contribution in [-0.2, 0) is 10.0 Å². The van der Waals surface area contributed by atoms with E-state index in [9.17, 15) is 13.2 Å². The van der Waals surface area contributed by atoms with E-state index in [1.54, 1.807) is 25.2 Å². The van der Waals surface area contributed by atoms with E-state index >= 15 is 0 Å². The van der Waals surface area contributed by atoms with Crippen molar-refractivity contribution in [3.8, 4) is 0 Å². The Bertz CT molecular complexity index is 811. The summed E-state index contributed by atoms with van der Waals surface area (Å²) in [6.45, 7) is 3.67. The molecule has 0 atom stereocenters. The fourth-order valence-electron chi connectivity index (χ4n) is 5.82. The molecule has 1 amide bonds. The predicted molar refractivity (Wildman–Crippen MR) is 105 cm³/mol. The smallest absolute Gasteiger partial charge is 0.251 e. The zero-order chi connectivity index (χ0) is 19.4. The number of benzene rings is 1. The van der Waals surface area contributed by atoms with Gasteiger partial charge in [-0.2, -0.15) is 4.31 Å². The van der Waals surface area contributed by atoms with Crippen molar-refractivity contribution in [2.24, 2.45) is 17.8 Å². The molecule has 0 unspecified atom stereocenters. The van der Waals surface area contributed by atoms with Gasteiger partial charge in [-0.3, -0.25) is 4.79 Å². The minimum absolute atomic E-state index is 0.0740. The average Bonchev–Trinajstić information content (AvgIpc) is 2.59. The molecule has 148 valence electrons. The minimum Gasteiger partial charge on any atom is -0.347 e. The molecule has 0 aromatic heterocycles. The number of nitrogens with zero attached hydrogens (tertiary/aromatic N) is 1. The Morgan fingerprint density at radius 2 is 1.67 bits per heavy atom. The van der Waals surface area contributed by atoms with Gasteiger partial charge in [-0.25, -0.2) is 8.42 Å². The van der Waals surface area contributed by atoms with Crippen LogP contribution in [0.15, 0.2) is 29.2 Å². The maximum absolute atomic E-state index is 13.0. The van der Waals surface area contributed by atoms with Crippen LogP contribution >= 0.6 is 0 Å². The second-order valence-corrected chi connectivity index (χ2v) is 11.3. The molecule has 1 aromatic rings. The van der Waals surface area contributed by atoms with Crippen LogP contribution in [0, 0.1) is 17.8 Å². The molecule has 5 rings (SSSR count). The molecule has 0 spiro atoms. The van der Waals surface area contributed by atoms with E-state index in [1.165, 1.54) is 29.6 Å². The quantitative estimate of drug-likeness (QED) is 0.838. The molecule has 5 nitrogen and oxygen atoms in total. The number of rotatable bonds is 5. The SMILES string of the molecule is CC(C)N(C)S(=O)(=O)c1cccc(C(=O)NC23CC4CC(CC(C4)C2)C3)c1. The normalized spacial score (nSPS) is 32.3. The summed E-state index contributed by atoms with van der Waals surface area (Å²) in [5.41, 5.74) is 0.360. The average molecular weight is 391 g/mol. The van der Waals surface area contributed by atoms with Gasteiger partial charge in [0.1, 0.15) is 0 Å². The summed E-state index contributed by atoms with van der Waals surface area (Å²) < 4.78 is 26.8. The molecule has 0 heterocycles. The topological polar surface area (TPSA) is 66.5 Å². The van der Waals surface area contributed by atoms with Crippen LogP contribution in [0.2, 0.25) is 0 Å². The molecular formula is C21H30N2O3S. The number of carbonyl (C=O) groups is 1. The minimum atomic E-state index is -3.59. The number of amides is 1. The van der Waals surface area contributed by atoms with Crippen molar-refractivity contribution >= 4 is 15.9 Å². The molecule has 4 saturated carbocycles. The first-order valence-electron chi connectivity index (χ1n) is 10.1. The zero-order valence-electron chi connectivity index (χ0n) is 16.4. The predicted octanol–water partition coefficient (Wildman–Crippen LogP) is 3.41. The highest BCUT2D eigenvalue weighted by atomic mass is 32.2. The molecule has 4 aliphatic carbocycles. The van der Waals surface area contributed by atoms with Crippen LogP contribution in [0.25, 0.3) is 0 Å². The van der Waals surface area contributed by atoms with Crippen LogP contribution in [-0.4, -0.2) is 37.3 Å². The molecule has 0 radical (unpaired) electrons. The summed E-state index contributed by atoms with van der Waals surface area (Å²) in [5, 5.41) is 3.32. The van der Waals surface area contributed by atoms with Crippen molar-refractivity contribution in [2.45, 2.75) is 68.8 Å². The Balaban J connectivity index is 1.55. The van der Waals surface area contributed by atoms with Crippen molar-refractivity contribution in [1.82, 2.24) is 9.62 Å². The van der Waals surface area contributed by atoms with Crippen molar-refractivity contribution in [2.75, 3.05) is 7.05 Å². The molecule has 4 bridgehead atoms. The van der Waals surface area contributed by atoms with Gasteiger partial charge in [-0.05, 0) is 88.3 Å². The van der Waals surface area contributed by atoms with Crippen molar-refractivity contribution in [3.05, 3.63) is 29.8 Å². The molecule has 0 saturated heterocycles. The highest BCUT2D eigenvalue weighted by molar-refractivity contribution is 7.89. The van der Waals surface area contributed by atoms with Crippen molar-refractivity contribution in [3.63, 3.8) is 0 Å². The number of nitrogens with one attached hydrogen (secondary N) is 1. The number of sulfonamides is 1. The van der Waals surface area contributed by atoms with Gasteiger partial charge in [0.25, 0.3) is 5.91 Å². The van der Waals surface area contributed by atoms with E-state index in [0.717, 1.165) is 37.0 Å². The molecule has 6 heteroatoms. The Kier molecular flexibility index (Phi) is 4.62. The number of hydrogen-bond donors (Lipinski definition) is 1. The van der Waals surface area contributed by atoms with Gasteiger partial charge in [0.2, 0.25) is 10.0 Å². The lowest BCUT2D eigenvalue weighted by Crippen LogP contribution is -2.59. The molecule has 4 fully saturated rings. The Labute approximate surface area is 162 Å². The lowest BCUT2D eigenvalue weighted by atomic mass is 9.53. The fourth-order valence-corrected chi connectivity index (χ4v) is 7.23. The molecular weight excluding hydrogens is 360 g/mol. The highest BCUT2D eigenvalue weighted by Gasteiger charge is 2.51. The second-order valence-electron chi connectivity index (χ2n) is 9.29. The molecule has 1 N–H and O–H groups in total. The number of carbonyl (C=O) groups excluding carboxylic acids is 1. The van der Waals surface area contributed by atoms with Crippen LogP contribution in [0.5, 0.6) is 0 Å². The molecule has 0 aliphatic heterocycles. The van der Waals surface area contributed by atoms with Crippen molar-refractivity contribution in [1.29, 1.82) is 0 Å². The summed E-state index contributed by atoms with van der Waals surface area (Å²) in [4.78, 5) is 13.2. The van der Waals surface area contributed by atoms with E-state index in [0.29, 0.717) is 5.56 Å². The van der Waals surface area contributed by atoms with Gasteiger partial charge in [0.15, 0.2) is 0 Å². The van der Waals surface area contributed by atoms with E-state index in [1.807, 2.05) is 13.8 Å². The Morgan fingerprint density at radius 1 is 1.11 bits per heavy atom.